The van der Waals surface area contributed by atoms with Gasteiger partial charge in [-0.25, -0.2) is 0 Å². The molecule has 2 N–H and O–H groups in total. The first kappa shape index (κ1) is 52.5. The molecule has 3 atom stereocenters. The fourth-order valence-electron chi connectivity index (χ4n) is 6.92. The van der Waals surface area contributed by atoms with Gasteiger partial charge in [0.2, 0.25) is 5.91 Å². The molecule has 1 amide bonds. The first-order valence-electron chi connectivity index (χ1n) is 22.9. The third-order valence-electron chi connectivity index (χ3n) is 10.6. The van der Waals surface area contributed by atoms with Gasteiger partial charge in [0.1, 0.15) is 13.2 Å². The van der Waals surface area contributed by atoms with Gasteiger partial charge >= 0.3 is 0 Å². The molecule has 0 saturated heterocycles. The topological polar surface area (TPSA) is 108 Å². The molecule has 0 aliphatic rings. The normalized spacial score (nSPS) is 14.3. The molecule has 0 aromatic rings. The van der Waals surface area contributed by atoms with Crippen molar-refractivity contribution in [3.8, 4) is 0 Å². The van der Waals surface area contributed by atoms with Crippen molar-refractivity contribution < 1.29 is 32.9 Å². The number of hydrogen-bond acceptors (Lipinski definition) is 6. The van der Waals surface area contributed by atoms with Crippen molar-refractivity contribution >= 4 is 13.7 Å². The molecule has 0 aliphatic carbocycles. The number of carbonyl (C=O) groups is 1. The number of nitrogens with zero attached hydrogens (tertiary/aromatic N) is 1. The zero-order valence-electron chi connectivity index (χ0n) is 36.0. The second kappa shape index (κ2) is 37.1. The van der Waals surface area contributed by atoms with Gasteiger partial charge in [0.15, 0.2) is 0 Å². The lowest BCUT2D eigenvalue weighted by Crippen LogP contribution is -2.46. The number of hydrogen-bond donors (Lipinski definition) is 2. The van der Waals surface area contributed by atoms with Gasteiger partial charge in [-0.1, -0.05) is 206 Å². The minimum Gasteiger partial charge on any atom is -0.756 e. The van der Waals surface area contributed by atoms with Crippen LogP contribution in [0.4, 0.5) is 0 Å². The van der Waals surface area contributed by atoms with Gasteiger partial charge < -0.3 is 28.8 Å². The SMILES string of the molecule is CCCCCCCCCCCCCCCCCCCCCCCCC(O)C(COP(=O)([O-])OCC[N+](C)(C)C)NC(=O)CCCCCCCCCCC. The molecule has 0 bridgehead atoms. The molecule has 0 fully saturated rings. The minimum atomic E-state index is -4.55. The van der Waals surface area contributed by atoms with Gasteiger partial charge in [-0.3, -0.25) is 9.36 Å². The Morgan fingerprint density at radius 1 is 0.585 bits per heavy atom. The number of nitrogens with one attached hydrogen (secondary N) is 1. The molecule has 0 saturated carbocycles. The summed E-state index contributed by atoms with van der Waals surface area (Å²) in [5.41, 5.74) is 0. The van der Waals surface area contributed by atoms with Gasteiger partial charge in [0, 0.05) is 6.42 Å². The molecule has 0 rings (SSSR count). The number of rotatable bonds is 42. The molecule has 0 aliphatic heterocycles. The van der Waals surface area contributed by atoms with Gasteiger partial charge in [-0.15, -0.1) is 0 Å². The Morgan fingerprint density at radius 3 is 1.28 bits per heavy atom. The molecule has 53 heavy (non-hydrogen) atoms. The van der Waals surface area contributed by atoms with E-state index < -0.39 is 20.0 Å². The van der Waals surface area contributed by atoms with Gasteiger partial charge in [-0.05, 0) is 12.8 Å². The van der Waals surface area contributed by atoms with Gasteiger partial charge in [-0.2, -0.15) is 0 Å². The number of quaternary nitrogens is 1. The van der Waals surface area contributed by atoms with Gasteiger partial charge in [0.05, 0.1) is 39.9 Å². The monoisotopic (exact) mass is 775 g/mol. The van der Waals surface area contributed by atoms with Crippen LogP contribution in [0.5, 0.6) is 0 Å². The predicted molar refractivity (Wildman–Crippen MR) is 224 cm³/mol. The van der Waals surface area contributed by atoms with Crippen LogP contribution in [0.3, 0.4) is 0 Å². The number of likely N-dealkylation sites (N-methyl/N-ethyl adjacent to an activating group) is 1. The third-order valence-corrected chi connectivity index (χ3v) is 11.6. The quantitative estimate of drug-likeness (QED) is 0.0363. The fraction of sp³-hybridized carbons (Fsp3) is 0.977. The van der Waals surface area contributed by atoms with E-state index in [2.05, 4.69) is 19.2 Å². The number of unbranched alkanes of at least 4 members (excludes halogenated alkanes) is 29. The summed E-state index contributed by atoms with van der Waals surface area (Å²) in [6, 6.07) is -0.791. The van der Waals surface area contributed by atoms with Crippen molar-refractivity contribution in [2.45, 2.75) is 238 Å². The highest BCUT2D eigenvalue weighted by atomic mass is 31.2. The predicted octanol–water partition coefficient (Wildman–Crippen LogP) is 12.0. The number of aliphatic hydroxyl groups is 1. The van der Waals surface area contributed by atoms with Crippen molar-refractivity contribution in [3.63, 3.8) is 0 Å². The standard InChI is InChI=1S/C44H91N2O6P/c1-6-8-10-12-14-16-17-18-19-20-21-22-23-24-25-26-27-28-30-31-33-35-37-43(47)42(41-52-53(49,50)51-40-39-46(3,4)5)45-44(48)38-36-34-32-29-15-13-11-9-7-2/h42-43,47H,6-41H2,1-5H3,(H-,45,48,49,50). The van der Waals surface area contributed by atoms with E-state index in [0.717, 1.165) is 38.5 Å². The van der Waals surface area contributed by atoms with Crippen LogP contribution in [0.2, 0.25) is 0 Å². The number of amides is 1. The van der Waals surface area contributed by atoms with E-state index in [1.165, 1.54) is 161 Å². The Bertz CT molecular complexity index is 839. The van der Waals surface area contributed by atoms with Crippen molar-refractivity contribution in [2.75, 3.05) is 40.9 Å². The summed E-state index contributed by atoms with van der Waals surface area (Å²) in [7, 11) is 1.32. The Labute approximate surface area is 329 Å². The summed E-state index contributed by atoms with van der Waals surface area (Å²) in [5, 5.41) is 13.9. The van der Waals surface area contributed by atoms with Crippen LogP contribution < -0.4 is 10.2 Å². The molecule has 3 unspecified atom stereocenters. The molecular formula is C44H91N2O6P. The van der Waals surface area contributed by atoms with Crippen LogP contribution in [0, 0.1) is 0 Å². The van der Waals surface area contributed by atoms with Crippen molar-refractivity contribution in [2.24, 2.45) is 0 Å². The van der Waals surface area contributed by atoms with Crippen LogP contribution in [0.25, 0.3) is 0 Å². The van der Waals surface area contributed by atoms with Crippen LogP contribution in [-0.2, 0) is 18.4 Å². The summed E-state index contributed by atoms with van der Waals surface area (Å²) in [6.07, 6.45) is 39.8. The number of carbonyl (C=O) groups excluding carboxylic acids is 1. The minimum absolute atomic E-state index is 0.0158. The van der Waals surface area contributed by atoms with Gasteiger partial charge in [0.25, 0.3) is 7.82 Å². The average Bonchev–Trinajstić information content (AvgIpc) is 3.10. The summed E-state index contributed by atoms with van der Waals surface area (Å²) < 4.78 is 23.2. The first-order valence-corrected chi connectivity index (χ1v) is 24.3. The number of phosphoric ester groups is 1. The maximum Gasteiger partial charge on any atom is 0.268 e. The van der Waals surface area contributed by atoms with Crippen molar-refractivity contribution in [1.29, 1.82) is 0 Å². The highest BCUT2D eigenvalue weighted by molar-refractivity contribution is 7.45. The Kier molecular flexibility index (Phi) is 36.7. The zero-order chi connectivity index (χ0) is 39.3. The molecule has 0 radical (unpaired) electrons. The van der Waals surface area contributed by atoms with Crippen LogP contribution in [0.1, 0.15) is 226 Å². The lowest BCUT2D eigenvalue weighted by molar-refractivity contribution is -0.870. The highest BCUT2D eigenvalue weighted by Crippen LogP contribution is 2.38. The van der Waals surface area contributed by atoms with E-state index in [0.29, 0.717) is 23.9 Å². The molecule has 318 valence electrons. The molecular weight excluding hydrogens is 683 g/mol. The third kappa shape index (κ3) is 39.5. The first-order chi connectivity index (χ1) is 25.5. The maximum atomic E-state index is 12.8. The Balaban J connectivity index is 4.17. The molecule has 9 heteroatoms. The van der Waals surface area contributed by atoms with Crippen molar-refractivity contribution in [1.82, 2.24) is 5.32 Å². The zero-order valence-corrected chi connectivity index (χ0v) is 36.9. The molecule has 8 nitrogen and oxygen atoms in total. The Hall–Kier alpha value is -0.500. The average molecular weight is 775 g/mol. The molecule has 0 aromatic heterocycles. The molecule has 0 spiro atoms. The van der Waals surface area contributed by atoms with E-state index in [1.807, 2.05) is 21.1 Å². The van der Waals surface area contributed by atoms with Crippen molar-refractivity contribution in [3.05, 3.63) is 0 Å². The second-order valence-corrected chi connectivity index (χ2v) is 18.5. The number of phosphoric acid groups is 1. The second-order valence-electron chi connectivity index (χ2n) is 17.1. The van der Waals surface area contributed by atoms with E-state index >= 15 is 0 Å². The lowest BCUT2D eigenvalue weighted by atomic mass is 10.0. The van der Waals surface area contributed by atoms with Crippen LogP contribution in [-0.4, -0.2) is 68.5 Å². The summed E-state index contributed by atoms with van der Waals surface area (Å²) >= 11 is 0. The van der Waals surface area contributed by atoms with Crippen LogP contribution in [0.15, 0.2) is 0 Å². The largest absolute Gasteiger partial charge is 0.756 e. The maximum absolute atomic E-state index is 12.8. The summed E-state index contributed by atoms with van der Waals surface area (Å²) in [6.45, 7) is 4.72. The summed E-state index contributed by atoms with van der Waals surface area (Å²) in [5.74, 6) is -0.165. The van der Waals surface area contributed by atoms with E-state index in [9.17, 15) is 19.4 Å². The van der Waals surface area contributed by atoms with E-state index in [-0.39, 0.29) is 19.1 Å². The highest BCUT2D eigenvalue weighted by Gasteiger charge is 2.24. The number of aliphatic hydroxyl groups excluding tert-OH is 1. The molecule has 0 aromatic carbocycles. The smallest absolute Gasteiger partial charge is 0.268 e. The van der Waals surface area contributed by atoms with Crippen LogP contribution >= 0.6 is 7.82 Å². The lowest BCUT2D eigenvalue weighted by Gasteiger charge is -2.30. The van der Waals surface area contributed by atoms with E-state index in [1.54, 1.807) is 0 Å². The van der Waals surface area contributed by atoms with E-state index in [4.69, 9.17) is 9.05 Å². The molecule has 0 heterocycles. The Morgan fingerprint density at radius 2 is 0.925 bits per heavy atom. The fourth-order valence-corrected chi connectivity index (χ4v) is 7.65. The summed E-state index contributed by atoms with van der Waals surface area (Å²) in [4.78, 5) is 25.2.